The highest BCUT2D eigenvalue weighted by Crippen LogP contribution is 2.40. The Labute approximate surface area is 223 Å². The number of nitrogens with one attached hydrogen (secondary N) is 2. The van der Waals surface area contributed by atoms with Crippen molar-refractivity contribution in [3.63, 3.8) is 0 Å². The van der Waals surface area contributed by atoms with Crippen molar-refractivity contribution in [3.8, 4) is 11.3 Å². The van der Waals surface area contributed by atoms with E-state index in [4.69, 9.17) is 4.98 Å². The highest BCUT2D eigenvalue weighted by atomic mass is 16.2. The topological polar surface area (TPSA) is 78.1 Å². The van der Waals surface area contributed by atoms with E-state index in [1.807, 2.05) is 78.6 Å². The van der Waals surface area contributed by atoms with Crippen molar-refractivity contribution in [2.24, 2.45) is 0 Å². The summed E-state index contributed by atoms with van der Waals surface area (Å²) in [5, 5.41) is 3.16. The second-order valence-corrected chi connectivity index (χ2v) is 10.4. The Kier molecular flexibility index (Phi) is 6.32. The van der Waals surface area contributed by atoms with Gasteiger partial charge in [0.1, 0.15) is 5.82 Å². The molecule has 1 aromatic heterocycles. The third-order valence-electron chi connectivity index (χ3n) is 8.04. The minimum atomic E-state index is -0.508. The minimum Gasteiger partial charge on any atom is -0.346 e. The predicted octanol–water partition coefficient (Wildman–Crippen LogP) is 6.43. The van der Waals surface area contributed by atoms with Gasteiger partial charge in [0.15, 0.2) is 0 Å². The molecule has 0 unspecified atom stereocenters. The van der Waals surface area contributed by atoms with Crippen LogP contribution in [0, 0.1) is 6.92 Å². The number of aryl methyl sites for hydroxylation is 1. The molecule has 2 N–H and O–H groups in total. The molecule has 1 saturated carbocycles. The van der Waals surface area contributed by atoms with Crippen LogP contribution in [-0.2, 0) is 16.6 Å². The normalized spacial score (nSPS) is 16.2. The maximum absolute atomic E-state index is 13.7. The summed E-state index contributed by atoms with van der Waals surface area (Å²) < 4.78 is 0. The van der Waals surface area contributed by atoms with Crippen LogP contribution in [0.25, 0.3) is 11.3 Å². The number of carbonyl (C=O) groups is 2. The number of amides is 2. The predicted molar refractivity (Wildman–Crippen MR) is 150 cm³/mol. The Hall–Kier alpha value is -4.19. The third kappa shape index (κ3) is 4.30. The van der Waals surface area contributed by atoms with Gasteiger partial charge in [0.2, 0.25) is 5.91 Å². The van der Waals surface area contributed by atoms with Crippen LogP contribution in [0.4, 0.5) is 11.4 Å². The van der Waals surface area contributed by atoms with Crippen molar-refractivity contribution in [3.05, 3.63) is 102 Å². The Balaban J connectivity index is 1.23. The van der Waals surface area contributed by atoms with Gasteiger partial charge in [-0.3, -0.25) is 9.59 Å². The second kappa shape index (κ2) is 9.93. The molecule has 192 valence electrons. The lowest BCUT2D eigenvalue weighted by atomic mass is 9.68. The summed E-state index contributed by atoms with van der Waals surface area (Å²) in [5.41, 5.74) is 5.66. The maximum atomic E-state index is 13.7. The van der Waals surface area contributed by atoms with Crippen molar-refractivity contribution >= 4 is 23.2 Å². The lowest BCUT2D eigenvalue weighted by Gasteiger charge is -2.36. The van der Waals surface area contributed by atoms with Crippen molar-refractivity contribution in [2.45, 2.75) is 50.9 Å². The fourth-order valence-corrected chi connectivity index (χ4v) is 6.07. The number of imidazole rings is 1. The Morgan fingerprint density at radius 3 is 2.37 bits per heavy atom. The summed E-state index contributed by atoms with van der Waals surface area (Å²) in [6.07, 6.45) is 5.66. The minimum absolute atomic E-state index is 0.0351. The summed E-state index contributed by atoms with van der Waals surface area (Å²) in [6, 6.07) is 25.4. The van der Waals surface area contributed by atoms with E-state index in [-0.39, 0.29) is 11.8 Å². The molecular weight excluding hydrogens is 472 g/mol. The van der Waals surface area contributed by atoms with Gasteiger partial charge in [-0.05, 0) is 55.7 Å². The second-order valence-electron chi connectivity index (χ2n) is 10.4. The van der Waals surface area contributed by atoms with Gasteiger partial charge in [-0.25, -0.2) is 4.98 Å². The van der Waals surface area contributed by atoms with E-state index in [1.54, 1.807) is 0 Å². The number of nitrogens with zero attached hydrogens (tertiary/aromatic N) is 2. The van der Waals surface area contributed by atoms with Gasteiger partial charge in [-0.15, -0.1) is 0 Å². The molecule has 0 bridgehead atoms. The number of carbonyl (C=O) groups excluding carboxylic acids is 2. The molecule has 1 fully saturated rings. The molecule has 1 aliphatic carbocycles. The van der Waals surface area contributed by atoms with Crippen LogP contribution in [0.2, 0.25) is 0 Å². The van der Waals surface area contributed by atoms with Crippen LogP contribution >= 0.6 is 0 Å². The highest BCUT2D eigenvalue weighted by Gasteiger charge is 2.41. The molecule has 6 nitrogen and oxygen atoms in total. The number of H-pyrrole nitrogens is 1. The molecule has 38 heavy (non-hydrogen) atoms. The van der Waals surface area contributed by atoms with Gasteiger partial charge in [-0.1, -0.05) is 67.8 Å². The molecule has 6 rings (SSSR count). The molecule has 0 radical (unpaired) electrons. The van der Waals surface area contributed by atoms with E-state index >= 15 is 0 Å². The molecule has 0 atom stereocenters. The molecule has 2 amide bonds. The van der Waals surface area contributed by atoms with Crippen molar-refractivity contribution in [1.29, 1.82) is 0 Å². The molecule has 1 aliphatic heterocycles. The standard InChI is InChI=1S/C32H32N4O2/c1-22-33-27-18-21-36(28-13-7-6-12-26(28)29(27)34-22)30(37)23-14-16-25(17-15-23)35-31(38)32(19-8-3-9-20-32)24-10-4-2-5-11-24/h2,4-7,10-17H,3,8-9,18-21H2,1H3,(H,33,34)(H,35,38). The van der Waals surface area contributed by atoms with Gasteiger partial charge in [0, 0.05) is 35.5 Å². The number of hydrogen-bond donors (Lipinski definition) is 2. The molecule has 0 saturated heterocycles. The molecule has 6 heteroatoms. The van der Waals surface area contributed by atoms with E-state index in [0.717, 1.165) is 59.7 Å². The average molecular weight is 505 g/mol. The highest BCUT2D eigenvalue weighted by molar-refractivity contribution is 6.09. The van der Waals surface area contributed by atoms with Gasteiger partial charge >= 0.3 is 0 Å². The van der Waals surface area contributed by atoms with Crippen LogP contribution in [0.15, 0.2) is 78.9 Å². The summed E-state index contributed by atoms with van der Waals surface area (Å²) in [4.78, 5) is 37.2. The molecule has 3 aromatic carbocycles. The monoisotopic (exact) mass is 504 g/mol. The van der Waals surface area contributed by atoms with Crippen LogP contribution in [0.5, 0.6) is 0 Å². The van der Waals surface area contributed by atoms with E-state index in [9.17, 15) is 9.59 Å². The molecule has 2 heterocycles. The molecule has 4 aromatic rings. The smallest absolute Gasteiger partial charge is 0.258 e. The first kappa shape index (κ1) is 24.2. The summed E-state index contributed by atoms with van der Waals surface area (Å²) >= 11 is 0. The zero-order valence-corrected chi connectivity index (χ0v) is 21.7. The Morgan fingerprint density at radius 1 is 0.895 bits per heavy atom. The first-order valence-corrected chi connectivity index (χ1v) is 13.5. The van der Waals surface area contributed by atoms with Gasteiger partial charge < -0.3 is 15.2 Å². The van der Waals surface area contributed by atoms with Crippen LogP contribution in [-0.4, -0.2) is 28.3 Å². The van der Waals surface area contributed by atoms with E-state index in [1.165, 1.54) is 6.42 Å². The Morgan fingerprint density at radius 2 is 1.61 bits per heavy atom. The fraction of sp³-hybridized carbons (Fsp3) is 0.281. The number of aromatic amines is 1. The average Bonchev–Trinajstić information content (AvgIpc) is 3.27. The molecule has 0 spiro atoms. The lowest BCUT2D eigenvalue weighted by molar-refractivity contribution is -0.122. The van der Waals surface area contributed by atoms with Gasteiger partial charge in [0.05, 0.1) is 16.8 Å². The van der Waals surface area contributed by atoms with Gasteiger partial charge in [0.25, 0.3) is 5.91 Å². The van der Waals surface area contributed by atoms with E-state index in [0.29, 0.717) is 24.2 Å². The molecular formula is C32H32N4O2. The molecule has 2 aliphatic rings. The zero-order chi connectivity index (χ0) is 26.1. The van der Waals surface area contributed by atoms with E-state index < -0.39 is 5.41 Å². The number of benzene rings is 3. The van der Waals surface area contributed by atoms with Crippen LogP contribution < -0.4 is 10.2 Å². The number of aromatic nitrogens is 2. The van der Waals surface area contributed by atoms with Crippen molar-refractivity contribution < 1.29 is 9.59 Å². The third-order valence-corrected chi connectivity index (χ3v) is 8.04. The fourth-order valence-electron chi connectivity index (χ4n) is 6.07. The zero-order valence-electron chi connectivity index (χ0n) is 21.7. The summed E-state index contributed by atoms with van der Waals surface area (Å²) in [7, 11) is 0. The lowest BCUT2D eigenvalue weighted by Crippen LogP contribution is -2.42. The van der Waals surface area contributed by atoms with Gasteiger partial charge in [-0.2, -0.15) is 0 Å². The van der Waals surface area contributed by atoms with E-state index in [2.05, 4.69) is 22.4 Å². The Bertz CT molecular complexity index is 1470. The largest absolute Gasteiger partial charge is 0.346 e. The summed E-state index contributed by atoms with van der Waals surface area (Å²) in [6.45, 7) is 2.51. The first-order valence-electron chi connectivity index (χ1n) is 13.5. The number of rotatable bonds is 4. The van der Waals surface area contributed by atoms with Crippen molar-refractivity contribution in [1.82, 2.24) is 9.97 Å². The SMILES string of the molecule is Cc1nc2c([nH]1)CCN(C(=O)c1ccc(NC(=O)C3(c4ccccc4)CCCCC3)cc1)c1ccccc1-2. The maximum Gasteiger partial charge on any atom is 0.258 e. The first-order chi connectivity index (χ1) is 18.5. The van der Waals surface area contributed by atoms with Crippen molar-refractivity contribution in [2.75, 3.05) is 16.8 Å². The number of para-hydroxylation sites is 1. The number of hydrogen-bond acceptors (Lipinski definition) is 3. The quantitative estimate of drug-likeness (QED) is 0.336. The summed E-state index contributed by atoms with van der Waals surface area (Å²) in [5.74, 6) is 0.850. The van der Waals surface area contributed by atoms with Crippen LogP contribution in [0.1, 0.15) is 59.5 Å². The number of anilines is 2. The van der Waals surface area contributed by atoms with Crippen LogP contribution in [0.3, 0.4) is 0 Å². The number of fused-ring (bicyclic) bond motifs is 3.